The number of nitrogens with zero attached hydrogens (tertiary/aromatic N) is 4. The molecule has 6 rings (SSSR count). The highest BCUT2D eigenvalue weighted by Gasteiger charge is 2.60. The molecular formula is C50H79N9O32P2-2. The number of aromatic nitrogens is 4. The summed E-state index contributed by atoms with van der Waals surface area (Å²) in [6, 6.07) is -0.802. The number of nitrogens with two attached hydrogens (primary N) is 2. The number of amides is 3. The zero-order chi connectivity index (χ0) is 70.0. The Hall–Kier alpha value is -5.67. The smallest absolute Gasteiger partial charge is 0.364 e. The van der Waals surface area contributed by atoms with Gasteiger partial charge in [0, 0.05) is 50.5 Å². The molecule has 0 radical (unpaired) electrons. The topological polar surface area (TPSA) is 660 Å². The number of nitrogens with one attached hydrogen (secondary N) is 3. The zero-order valence-corrected chi connectivity index (χ0v) is 52.1. The maximum absolute atomic E-state index is 12.9. The largest absolute Gasteiger partial charge is 0.756 e. The van der Waals surface area contributed by atoms with E-state index in [1.54, 1.807) is 13.8 Å². The Kier molecular flexibility index (Phi) is 27.6. The molecular weight excluding hydrogens is 1300 g/mol. The number of hydrogen-bond acceptors (Lipinski definition) is 34. The molecule has 0 bridgehead atoms. The third-order valence-corrected chi connectivity index (χ3v) is 17.2. The minimum atomic E-state index is -5.81. The zero-order valence-electron chi connectivity index (χ0n) is 50.3. The van der Waals surface area contributed by atoms with Crippen molar-refractivity contribution >= 4 is 56.9 Å². The van der Waals surface area contributed by atoms with E-state index in [2.05, 4.69) is 25.9 Å². The van der Waals surface area contributed by atoms with E-state index in [4.69, 9.17) is 48.5 Å². The predicted molar refractivity (Wildman–Crippen MR) is 300 cm³/mol. The first-order chi connectivity index (χ1) is 43.3. The molecule has 24 unspecified atom stereocenters. The highest BCUT2D eigenvalue weighted by molar-refractivity contribution is 7.46. The number of aliphatic hydroxyl groups excluding tert-OH is 11. The van der Waals surface area contributed by atoms with Crippen molar-refractivity contribution < 1.29 is 146 Å². The monoisotopic (exact) mass is 1380 g/mol. The number of carboxylic acids is 2. The molecule has 43 heteroatoms. The highest BCUT2D eigenvalue weighted by atomic mass is 31.2. The first-order valence-corrected chi connectivity index (χ1v) is 31.6. The van der Waals surface area contributed by atoms with Crippen molar-refractivity contribution in [2.75, 3.05) is 37.8 Å². The maximum Gasteiger partial charge on any atom is 0.364 e. The van der Waals surface area contributed by atoms with Crippen LogP contribution in [0.1, 0.15) is 85.6 Å². The first kappa shape index (κ1) is 78.0. The lowest BCUT2D eigenvalue weighted by Crippen LogP contribution is -2.68. The number of aliphatic carboxylic acids is 2. The van der Waals surface area contributed by atoms with E-state index in [0.29, 0.717) is 25.7 Å². The molecule has 41 nitrogen and oxygen atoms in total. The highest BCUT2D eigenvalue weighted by Crippen LogP contribution is 2.50. The van der Waals surface area contributed by atoms with Gasteiger partial charge in [0.15, 0.2) is 12.5 Å². The van der Waals surface area contributed by atoms with Crippen LogP contribution >= 0.6 is 15.6 Å². The Bertz CT molecular complexity index is 3120. The molecule has 4 aliphatic heterocycles. The van der Waals surface area contributed by atoms with Crippen LogP contribution in [0.2, 0.25) is 0 Å². The fraction of sp³-hybridized carbons (Fsp3) is 0.740. The van der Waals surface area contributed by atoms with Gasteiger partial charge in [0.1, 0.15) is 78.8 Å². The molecule has 528 valence electrons. The van der Waals surface area contributed by atoms with Crippen LogP contribution in [-0.2, 0) is 70.1 Å². The summed E-state index contributed by atoms with van der Waals surface area (Å²) in [5.74, 6) is -14.0. The number of nitrogen functional groups attached to an aromatic ring is 2. The quantitative estimate of drug-likeness (QED) is 0.0336. The molecule has 0 saturated carbocycles. The number of anilines is 2. The second-order valence-electron chi connectivity index (χ2n) is 22.4. The van der Waals surface area contributed by atoms with E-state index in [0.717, 1.165) is 28.5 Å². The third-order valence-electron chi connectivity index (χ3n) is 15.2. The standard InChI is InChI=1S/C26H42N5O16P.C24H39N4O16P/c1-4-5-11(2)22(38)28-9-14(34)18(35)21-17(29-12(3)32)13(33)8-26(46-21,24(39)40)47-48(42,43)44-10-15-19(36)20(37)23(45-15)31-7-6-16(27)30-25(31)41;1-3-4-10(2)20(35)27-15-11(30)7-24(22(36)37,43-19(15)16(32)12(31)8-29)44-45(39,40)41-9-13-17(33)18(34)21(42-13)28-6-5-14(25)26-23(28)38/h6-7,11,13-15,17-21,23,33-37H,4-5,8-10H2,1-3H3,(H,28,38)(H,29,32)(H,39,40)(H,42,43)(H2,27,30,41);5-6,10-13,15-19,21,29-34H,3-4,7-9H2,1-2H3,(H,27,35)(H,36,37)(H,39,40)(H2,25,26,38)/p-2. The van der Waals surface area contributed by atoms with Crippen LogP contribution in [0, 0.1) is 11.8 Å². The van der Waals surface area contributed by atoms with Gasteiger partial charge in [-0.3, -0.25) is 41.7 Å². The Balaban J connectivity index is 0.000000338. The lowest BCUT2D eigenvalue weighted by molar-refractivity contribution is -0.314. The lowest BCUT2D eigenvalue weighted by Gasteiger charge is -2.47. The molecule has 20 N–H and O–H groups in total. The van der Waals surface area contributed by atoms with Gasteiger partial charge in [-0.25, -0.2) is 19.2 Å². The van der Waals surface area contributed by atoms with Gasteiger partial charge in [-0.1, -0.05) is 40.5 Å². The molecule has 0 spiro atoms. The number of carboxylic acid groups (broad SMARTS) is 2. The number of rotatable bonds is 29. The fourth-order valence-corrected chi connectivity index (χ4v) is 12.1. The molecule has 6 heterocycles. The molecule has 4 fully saturated rings. The van der Waals surface area contributed by atoms with Crippen LogP contribution in [-0.4, -0.2) is 251 Å². The minimum absolute atomic E-state index is 0.142. The third kappa shape index (κ3) is 19.5. The Morgan fingerprint density at radius 2 is 1.06 bits per heavy atom. The summed E-state index contributed by atoms with van der Waals surface area (Å²) in [5, 5.41) is 142. The Morgan fingerprint density at radius 3 is 1.43 bits per heavy atom. The van der Waals surface area contributed by atoms with Gasteiger partial charge < -0.3 is 132 Å². The molecule has 3 amide bonds. The molecule has 4 aliphatic rings. The average Bonchev–Trinajstić information content (AvgIpc) is 1.59. The maximum atomic E-state index is 12.9. The van der Waals surface area contributed by atoms with E-state index in [1.807, 2.05) is 13.8 Å². The number of ether oxygens (including phenoxy) is 4. The molecule has 0 aromatic carbocycles. The Morgan fingerprint density at radius 1 is 0.677 bits per heavy atom. The fourth-order valence-electron chi connectivity index (χ4n) is 10.2. The van der Waals surface area contributed by atoms with Gasteiger partial charge in [0.25, 0.3) is 27.2 Å². The summed E-state index contributed by atoms with van der Waals surface area (Å²) in [6.45, 7) is 4.10. The second-order valence-corrected chi connectivity index (χ2v) is 25.0. The van der Waals surface area contributed by atoms with Gasteiger partial charge in [0.2, 0.25) is 17.7 Å². The number of aliphatic hydroxyl groups is 11. The normalized spacial score (nSPS) is 32.8. The molecule has 2 aromatic heterocycles. The van der Waals surface area contributed by atoms with Gasteiger partial charge in [-0.15, -0.1) is 0 Å². The average molecular weight is 1380 g/mol. The van der Waals surface area contributed by atoms with Gasteiger partial charge in [-0.2, -0.15) is 9.97 Å². The number of hydrogen-bond donors (Lipinski definition) is 18. The summed E-state index contributed by atoms with van der Waals surface area (Å²) in [6.07, 6.45) is -27.5. The first-order valence-electron chi connectivity index (χ1n) is 28.7. The van der Waals surface area contributed by atoms with Crippen molar-refractivity contribution in [3.8, 4) is 0 Å². The van der Waals surface area contributed by atoms with Crippen LogP contribution in [0.5, 0.6) is 0 Å². The van der Waals surface area contributed by atoms with Crippen molar-refractivity contribution in [3.05, 3.63) is 45.5 Å². The molecule has 24 atom stereocenters. The van der Waals surface area contributed by atoms with Crippen molar-refractivity contribution in [1.29, 1.82) is 0 Å². The predicted octanol–water partition coefficient (Wildman–Crippen LogP) is -8.83. The van der Waals surface area contributed by atoms with Crippen molar-refractivity contribution in [2.24, 2.45) is 11.8 Å². The number of carbonyl (C=O) groups is 5. The van der Waals surface area contributed by atoms with Crippen LogP contribution in [0.15, 0.2) is 34.1 Å². The van der Waals surface area contributed by atoms with Gasteiger partial charge >= 0.3 is 23.3 Å². The molecule has 93 heavy (non-hydrogen) atoms. The second kappa shape index (κ2) is 32.8. The van der Waals surface area contributed by atoms with E-state index in [1.165, 1.54) is 12.1 Å². The number of carbonyl (C=O) groups excluding carboxylic acids is 3. The molecule has 4 saturated heterocycles. The van der Waals surface area contributed by atoms with E-state index in [-0.39, 0.29) is 11.6 Å². The SMILES string of the molecule is CCCC(C)C(=O)NC1C(O)CC(OP(=O)([O-])OCC2OC(n3ccc(N)nc3=O)C(O)C2O)(C(=O)O)OC1C(O)C(O)CO.CCCC(C)C(=O)NCC(O)C(O)C1OC(OP(=O)([O-])OCC2OC(n3ccc(N)nc3=O)C(O)C2O)(C(=O)O)CC(O)C1NC(C)=O. The summed E-state index contributed by atoms with van der Waals surface area (Å²) in [5.41, 5.74) is 8.94. The summed E-state index contributed by atoms with van der Waals surface area (Å²) in [7, 11) is -11.6. The summed E-state index contributed by atoms with van der Waals surface area (Å²) in [4.78, 5) is 119. The van der Waals surface area contributed by atoms with Crippen molar-refractivity contribution in [1.82, 2.24) is 35.1 Å². The van der Waals surface area contributed by atoms with E-state index in [9.17, 15) is 119 Å². The van der Waals surface area contributed by atoms with Crippen LogP contribution in [0.25, 0.3) is 0 Å². The Labute approximate surface area is 526 Å². The number of phosphoric acid groups is 2. The molecule has 2 aromatic rings. The van der Waals surface area contributed by atoms with E-state index >= 15 is 0 Å². The summed E-state index contributed by atoms with van der Waals surface area (Å²) < 4.78 is 67.8. The van der Waals surface area contributed by atoms with Crippen LogP contribution < -0.4 is 48.6 Å². The van der Waals surface area contributed by atoms with Crippen LogP contribution in [0.3, 0.4) is 0 Å². The van der Waals surface area contributed by atoms with Gasteiger partial charge in [-0.05, 0) is 25.0 Å². The van der Waals surface area contributed by atoms with Crippen molar-refractivity contribution in [3.63, 3.8) is 0 Å². The lowest BCUT2D eigenvalue weighted by atomic mass is 9.88. The van der Waals surface area contributed by atoms with Gasteiger partial charge in [0.05, 0.1) is 50.2 Å². The molecule has 0 aliphatic carbocycles. The number of phosphoric ester groups is 2. The van der Waals surface area contributed by atoms with Crippen LogP contribution in [0.4, 0.5) is 11.6 Å². The minimum Gasteiger partial charge on any atom is -0.756 e. The summed E-state index contributed by atoms with van der Waals surface area (Å²) >= 11 is 0. The van der Waals surface area contributed by atoms with Crippen molar-refractivity contribution in [2.45, 2.75) is 195 Å². The van der Waals surface area contributed by atoms with E-state index < -0.39 is 229 Å².